The number of rotatable bonds is 9. The largest absolute Gasteiger partial charge is 0.497 e. The minimum atomic E-state index is -0.258. The Morgan fingerprint density at radius 3 is 2.59 bits per heavy atom. The average molecular weight is 393 g/mol. The van der Waals surface area contributed by atoms with E-state index in [0.29, 0.717) is 30.6 Å². The molecule has 150 valence electrons. The van der Waals surface area contributed by atoms with Crippen molar-refractivity contribution >= 4 is 11.6 Å². The highest BCUT2D eigenvalue weighted by atomic mass is 19.1. The Hall–Kier alpha value is -3.41. The van der Waals surface area contributed by atoms with Crippen LogP contribution in [0.25, 0.3) is 0 Å². The number of amides is 1. The number of halogens is 1. The zero-order chi connectivity index (χ0) is 20.5. The third kappa shape index (κ3) is 6.04. The molecule has 6 heteroatoms. The number of carbonyl (C=O) groups excluding carboxylic acids is 1. The first-order valence-corrected chi connectivity index (χ1v) is 9.49. The van der Waals surface area contributed by atoms with Gasteiger partial charge in [-0.25, -0.2) is 4.39 Å². The summed E-state index contributed by atoms with van der Waals surface area (Å²) in [7, 11) is 1.65. The van der Waals surface area contributed by atoms with Gasteiger partial charge in [0.05, 0.1) is 18.4 Å². The highest BCUT2D eigenvalue weighted by molar-refractivity contribution is 5.94. The number of benzene rings is 2. The van der Waals surface area contributed by atoms with Gasteiger partial charge in [0.15, 0.2) is 0 Å². The van der Waals surface area contributed by atoms with Crippen LogP contribution in [0, 0.1) is 5.82 Å². The number of anilines is 1. The quantitative estimate of drug-likeness (QED) is 0.580. The SMILES string of the molecule is COc1ccc(CCNc2cncc(C(=O)NCCc3ccccc3F)c2)cc1. The number of nitrogens with zero attached hydrogens (tertiary/aromatic N) is 1. The van der Waals surface area contributed by atoms with Crippen molar-refractivity contribution in [1.29, 1.82) is 0 Å². The first kappa shape index (κ1) is 20.3. The second kappa shape index (κ2) is 10.2. The Kier molecular flexibility index (Phi) is 7.16. The molecule has 29 heavy (non-hydrogen) atoms. The van der Waals surface area contributed by atoms with E-state index in [2.05, 4.69) is 15.6 Å². The van der Waals surface area contributed by atoms with Crippen molar-refractivity contribution in [3.63, 3.8) is 0 Å². The molecular weight excluding hydrogens is 369 g/mol. The van der Waals surface area contributed by atoms with Gasteiger partial charge in [0.25, 0.3) is 5.91 Å². The molecule has 0 bridgehead atoms. The number of nitrogens with one attached hydrogen (secondary N) is 2. The summed E-state index contributed by atoms with van der Waals surface area (Å²) in [5.41, 5.74) is 3.02. The molecule has 0 spiro atoms. The van der Waals surface area contributed by atoms with Gasteiger partial charge in [-0.15, -0.1) is 0 Å². The van der Waals surface area contributed by atoms with Gasteiger partial charge in [-0.1, -0.05) is 30.3 Å². The molecule has 0 saturated carbocycles. The second-order valence-electron chi connectivity index (χ2n) is 6.58. The van der Waals surface area contributed by atoms with Crippen molar-refractivity contribution in [3.05, 3.63) is 89.5 Å². The van der Waals surface area contributed by atoms with Crippen molar-refractivity contribution in [3.8, 4) is 5.75 Å². The maximum absolute atomic E-state index is 13.6. The van der Waals surface area contributed by atoms with Crippen molar-refractivity contribution in [1.82, 2.24) is 10.3 Å². The molecule has 1 heterocycles. The molecular formula is C23H24FN3O2. The molecule has 3 aromatic rings. The van der Waals surface area contributed by atoms with Crippen molar-refractivity contribution < 1.29 is 13.9 Å². The van der Waals surface area contributed by atoms with Gasteiger partial charge in [-0.2, -0.15) is 0 Å². The number of pyridine rings is 1. The van der Waals surface area contributed by atoms with Crippen LogP contribution in [-0.4, -0.2) is 31.1 Å². The average Bonchev–Trinajstić information content (AvgIpc) is 2.76. The summed E-state index contributed by atoms with van der Waals surface area (Å²) in [5.74, 6) is 0.346. The first-order valence-electron chi connectivity index (χ1n) is 9.49. The van der Waals surface area contributed by atoms with Gasteiger partial charge in [-0.3, -0.25) is 9.78 Å². The van der Waals surface area contributed by atoms with Crippen LogP contribution in [-0.2, 0) is 12.8 Å². The summed E-state index contributed by atoms with van der Waals surface area (Å²) < 4.78 is 18.8. The van der Waals surface area contributed by atoms with Crippen LogP contribution in [0.1, 0.15) is 21.5 Å². The van der Waals surface area contributed by atoms with Gasteiger partial charge < -0.3 is 15.4 Å². The highest BCUT2D eigenvalue weighted by Crippen LogP contribution is 2.13. The summed E-state index contributed by atoms with van der Waals surface area (Å²) in [4.78, 5) is 16.5. The van der Waals surface area contributed by atoms with E-state index in [1.165, 1.54) is 17.8 Å². The lowest BCUT2D eigenvalue weighted by Crippen LogP contribution is -2.26. The third-order valence-electron chi connectivity index (χ3n) is 4.54. The Morgan fingerprint density at radius 1 is 1.03 bits per heavy atom. The number of aromatic nitrogens is 1. The number of hydrogen-bond donors (Lipinski definition) is 2. The van der Waals surface area contributed by atoms with Crippen LogP contribution in [0.15, 0.2) is 67.0 Å². The molecule has 3 rings (SSSR count). The molecule has 1 aromatic heterocycles. The highest BCUT2D eigenvalue weighted by Gasteiger charge is 2.08. The Labute approximate surface area is 169 Å². The molecule has 0 saturated heterocycles. The topological polar surface area (TPSA) is 63.2 Å². The number of ether oxygens (including phenoxy) is 1. The number of carbonyl (C=O) groups is 1. The van der Waals surface area contributed by atoms with Crippen molar-refractivity contribution in [2.24, 2.45) is 0 Å². The Morgan fingerprint density at radius 2 is 1.83 bits per heavy atom. The smallest absolute Gasteiger partial charge is 0.252 e. The van der Waals surface area contributed by atoms with E-state index in [1.807, 2.05) is 24.3 Å². The van der Waals surface area contributed by atoms with E-state index in [-0.39, 0.29) is 11.7 Å². The summed E-state index contributed by atoms with van der Waals surface area (Å²) in [5, 5.41) is 6.09. The lowest BCUT2D eigenvalue weighted by Gasteiger charge is -2.09. The minimum absolute atomic E-state index is 0.229. The monoisotopic (exact) mass is 393 g/mol. The standard InChI is InChI=1S/C23H24FN3O2/c1-29-21-8-6-17(7-9-21)10-12-26-20-14-19(15-25-16-20)23(28)27-13-11-18-4-2-3-5-22(18)24/h2-9,14-16,26H,10-13H2,1H3,(H,27,28). The van der Waals surface area contributed by atoms with E-state index < -0.39 is 0 Å². The Bertz CT molecular complexity index is 945. The zero-order valence-electron chi connectivity index (χ0n) is 16.3. The molecule has 0 aliphatic heterocycles. The summed E-state index contributed by atoms with van der Waals surface area (Å²) in [6.45, 7) is 1.07. The molecule has 5 nitrogen and oxygen atoms in total. The minimum Gasteiger partial charge on any atom is -0.497 e. The second-order valence-corrected chi connectivity index (χ2v) is 6.58. The molecule has 0 fully saturated rings. The summed E-state index contributed by atoms with van der Waals surface area (Å²) in [6, 6.07) is 16.3. The third-order valence-corrected chi connectivity index (χ3v) is 4.54. The maximum Gasteiger partial charge on any atom is 0.252 e. The fraction of sp³-hybridized carbons (Fsp3) is 0.217. The fourth-order valence-electron chi connectivity index (χ4n) is 2.92. The fourth-order valence-corrected chi connectivity index (χ4v) is 2.92. The molecule has 2 N–H and O–H groups in total. The van der Waals surface area contributed by atoms with E-state index in [9.17, 15) is 9.18 Å². The molecule has 0 radical (unpaired) electrons. The van der Waals surface area contributed by atoms with E-state index >= 15 is 0 Å². The van der Waals surface area contributed by atoms with Crippen LogP contribution >= 0.6 is 0 Å². The number of hydrogen-bond acceptors (Lipinski definition) is 4. The molecule has 0 atom stereocenters. The molecule has 2 aromatic carbocycles. The Balaban J connectivity index is 1.47. The van der Waals surface area contributed by atoms with E-state index in [1.54, 1.807) is 37.6 Å². The zero-order valence-corrected chi connectivity index (χ0v) is 16.3. The molecule has 0 unspecified atom stereocenters. The van der Waals surface area contributed by atoms with Gasteiger partial charge in [-0.05, 0) is 48.2 Å². The number of methoxy groups -OCH3 is 1. The van der Waals surface area contributed by atoms with Gasteiger partial charge >= 0.3 is 0 Å². The van der Waals surface area contributed by atoms with Crippen LogP contribution in [0.2, 0.25) is 0 Å². The van der Waals surface area contributed by atoms with Crippen molar-refractivity contribution in [2.45, 2.75) is 12.8 Å². The van der Waals surface area contributed by atoms with Gasteiger partial charge in [0.1, 0.15) is 11.6 Å². The van der Waals surface area contributed by atoms with Crippen LogP contribution in [0.4, 0.5) is 10.1 Å². The van der Waals surface area contributed by atoms with Crippen LogP contribution in [0.3, 0.4) is 0 Å². The molecule has 0 aliphatic carbocycles. The van der Waals surface area contributed by atoms with Gasteiger partial charge in [0.2, 0.25) is 0 Å². The first-order chi connectivity index (χ1) is 14.2. The van der Waals surface area contributed by atoms with Gasteiger partial charge in [0, 0.05) is 25.5 Å². The lowest BCUT2D eigenvalue weighted by molar-refractivity contribution is 0.0953. The van der Waals surface area contributed by atoms with Crippen LogP contribution in [0.5, 0.6) is 5.75 Å². The van der Waals surface area contributed by atoms with Crippen LogP contribution < -0.4 is 15.4 Å². The van der Waals surface area contributed by atoms with E-state index in [0.717, 1.165) is 17.9 Å². The predicted molar refractivity (Wildman–Crippen MR) is 112 cm³/mol. The summed E-state index contributed by atoms with van der Waals surface area (Å²) in [6.07, 6.45) is 4.48. The normalized spacial score (nSPS) is 10.4. The molecule has 1 amide bonds. The summed E-state index contributed by atoms with van der Waals surface area (Å²) >= 11 is 0. The van der Waals surface area contributed by atoms with Crippen molar-refractivity contribution in [2.75, 3.05) is 25.5 Å². The van der Waals surface area contributed by atoms with E-state index in [4.69, 9.17) is 4.74 Å². The molecule has 0 aliphatic rings. The maximum atomic E-state index is 13.6. The lowest BCUT2D eigenvalue weighted by atomic mass is 10.1. The predicted octanol–water partition coefficient (Wildman–Crippen LogP) is 3.86.